The van der Waals surface area contributed by atoms with Crippen LogP contribution in [0.3, 0.4) is 0 Å². The van der Waals surface area contributed by atoms with Crippen molar-refractivity contribution in [1.29, 1.82) is 0 Å². The molecule has 0 bridgehead atoms. The Morgan fingerprint density at radius 1 is 1.37 bits per heavy atom. The van der Waals surface area contributed by atoms with Crippen molar-refractivity contribution in [3.05, 3.63) is 30.3 Å². The van der Waals surface area contributed by atoms with Gasteiger partial charge < -0.3 is 9.42 Å². The quantitative estimate of drug-likeness (QED) is 0.751. The fourth-order valence-corrected chi connectivity index (χ4v) is 4.95. The lowest BCUT2D eigenvalue weighted by atomic mass is 10.1. The van der Waals surface area contributed by atoms with E-state index in [2.05, 4.69) is 25.9 Å². The van der Waals surface area contributed by atoms with Crippen LogP contribution in [-0.4, -0.2) is 37.8 Å². The summed E-state index contributed by atoms with van der Waals surface area (Å²) in [5.41, 5.74) is 0.225. The first-order chi connectivity index (χ1) is 8.94. The third kappa shape index (κ3) is 2.79. The topological polar surface area (TPSA) is 29.5 Å². The fraction of sp³-hybridized carbons (Fsp3) is 0.600. The standard InChI is InChI=1S/C15H24NO2P/c1-13-12-15(13,16(2)3)10-11-19(17,18-4)14-8-6-5-7-9-14/h5-9,13H,10-12H2,1-4H3/t13-,15-,19?/m0/s1. The highest BCUT2D eigenvalue weighted by Gasteiger charge is 2.53. The van der Waals surface area contributed by atoms with Crippen molar-refractivity contribution in [1.82, 2.24) is 4.90 Å². The third-order valence-corrected chi connectivity index (χ3v) is 7.08. The largest absolute Gasteiger partial charge is 0.329 e. The van der Waals surface area contributed by atoms with Crippen LogP contribution in [0.4, 0.5) is 0 Å². The van der Waals surface area contributed by atoms with Crippen molar-refractivity contribution >= 4 is 12.7 Å². The van der Waals surface area contributed by atoms with Gasteiger partial charge in [0.05, 0.1) is 0 Å². The van der Waals surface area contributed by atoms with Crippen molar-refractivity contribution in [3.8, 4) is 0 Å². The van der Waals surface area contributed by atoms with E-state index in [-0.39, 0.29) is 5.54 Å². The minimum atomic E-state index is -2.70. The second kappa shape index (κ2) is 5.40. The van der Waals surface area contributed by atoms with Crippen molar-refractivity contribution < 1.29 is 9.09 Å². The third-order valence-electron chi connectivity index (χ3n) is 4.59. The molecule has 3 nitrogen and oxygen atoms in total. The van der Waals surface area contributed by atoms with Crippen molar-refractivity contribution in [2.75, 3.05) is 27.4 Å². The van der Waals surface area contributed by atoms with Gasteiger partial charge in [-0.15, -0.1) is 0 Å². The SMILES string of the molecule is COP(=O)(CC[C@]1(N(C)C)C[C@@H]1C)c1ccccc1. The van der Waals surface area contributed by atoms with Gasteiger partial charge in [-0.3, -0.25) is 4.57 Å². The monoisotopic (exact) mass is 281 g/mol. The molecule has 0 amide bonds. The Hall–Kier alpha value is -0.630. The zero-order valence-electron chi connectivity index (χ0n) is 12.3. The predicted molar refractivity (Wildman–Crippen MR) is 80.4 cm³/mol. The Morgan fingerprint density at radius 2 is 1.95 bits per heavy atom. The fourth-order valence-electron chi connectivity index (χ4n) is 2.99. The first-order valence-electron chi connectivity index (χ1n) is 6.82. The normalized spacial score (nSPS) is 29.2. The van der Waals surface area contributed by atoms with Crippen LogP contribution < -0.4 is 5.30 Å². The Balaban J connectivity index is 2.11. The lowest BCUT2D eigenvalue weighted by Crippen LogP contribution is -2.33. The van der Waals surface area contributed by atoms with E-state index >= 15 is 0 Å². The minimum Gasteiger partial charge on any atom is -0.329 e. The number of hydrogen-bond donors (Lipinski definition) is 0. The molecule has 0 heterocycles. The highest BCUT2D eigenvalue weighted by molar-refractivity contribution is 7.66. The van der Waals surface area contributed by atoms with E-state index in [0.29, 0.717) is 12.1 Å². The molecule has 0 saturated heterocycles. The summed E-state index contributed by atoms with van der Waals surface area (Å²) in [5.74, 6) is 0.684. The van der Waals surface area contributed by atoms with Gasteiger partial charge in [-0.2, -0.15) is 0 Å². The second-order valence-electron chi connectivity index (χ2n) is 5.77. The number of nitrogens with zero attached hydrogens (tertiary/aromatic N) is 1. The molecule has 19 heavy (non-hydrogen) atoms. The molecule has 1 saturated carbocycles. The Morgan fingerprint density at radius 3 is 2.37 bits per heavy atom. The molecule has 1 aliphatic rings. The van der Waals surface area contributed by atoms with E-state index in [9.17, 15) is 4.57 Å². The zero-order valence-corrected chi connectivity index (χ0v) is 13.2. The van der Waals surface area contributed by atoms with E-state index in [1.807, 2.05) is 30.3 Å². The van der Waals surface area contributed by atoms with Gasteiger partial charge in [0.1, 0.15) is 0 Å². The van der Waals surface area contributed by atoms with Crippen LogP contribution >= 0.6 is 7.37 Å². The van der Waals surface area contributed by atoms with Crippen LogP contribution in [0.15, 0.2) is 30.3 Å². The van der Waals surface area contributed by atoms with Crippen LogP contribution in [0, 0.1) is 5.92 Å². The molecule has 1 aromatic carbocycles. The molecule has 106 valence electrons. The molecule has 1 aromatic rings. The van der Waals surface area contributed by atoms with Crippen LogP contribution in [-0.2, 0) is 9.09 Å². The first-order valence-corrected chi connectivity index (χ1v) is 8.63. The average Bonchev–Trinajstić information content (AvgIpc) is 3.09. The van der Waals surface area contributed by atoms with Gasteiger partial charge in [-0.25, -0.2) is 0 Å². The molecule has 0 radical (unpaired) electrons. The van der Waals surface area contributed by atoms with E-state index in [1.165, 1.54) is 6.42 Å². The van der Waals surface area contributed by atoms with Crippen molar-refractivity contribution in [3.63, 3.8) is 0 Å². The summed E-state index contributed by atoms with van der Waals surface area (Å²) in [6.45, 7) is 2.26. The molecule has 4 heteroatoms. The molecule has 1 fully saturated rings. The molecule has 0 aromatic heterocycles. The van der Waals surface area contributed by atoms with Gasteiger partial charge in [0.15, 0.2) is 0 Å². The summed E-state index contributed by atoms with van der Waals surface area (Å²) in [4.78, 5) is 2.28. The first kappa shape index (κ1) is 14.8. The number of rotatable bonds is 6. The smallest absolute Gasteiger partial charge is 0.231 e. The van der Waals surface area contributed by atoms with Gasteiger partial charge in [-0.1, -0.05) is 25.1 Å². The highest BCUT2D eigenvalue weighted by atomic mass is 31.2. The Labute approximate surface area is 116 Å². The molecule has 0 aliphatic heterocycles. The van der Waals surface area contributed by atoms with E-state index < -0.39 is 7.37 Å². The van der Waals surface area contributed by atoms with E-state index in [0.717, 1.165) is 11.7 Å². The average molecular weight is 281 g/mol. The Bertz CT molecular complexity index is 474. The maximum absolute atomic E-state index is 12.9. The summed E-state index contributed by atoms with van der Waals surface area (Å²) < 4.78 is 18.3. The maximum Gasteiger partial charge on any atom is 0.231 e. The molecule has 1 aliphatic carbocycles. The highest BCUT2D eigenvalue weighted by Crippen LogP contribution is 2.54. The van der Waals surface area contributed by atoms with Crippen LogP contribution in [0.2, 0.25) is 0 Å². The van der Waals surface area contributed by atoms with Crippen LogP contribution in [0.1, 0.15) is 19.8 Å². The molecule has 0 spiro atoms. The molecular weight excluding hydrogens is 257 g/mol. The van der Waals surface area contributed by atoms with Gasteiger partial charge in [0.2, 0.25) is 7.37 Å². The van der Waals surface area contributed by atoms with Gasteiger partial charge in [-0.05, 0) is 45.0 Å². The summed E-state index contributed by atoms with van der Waals surface area (Å²) >= 11 is 0. The number of benzene rings is 1. The molecule has 0 N–H and O–H groups in total. The summed E-state index contributed by atoms with van der Waals surface area (Å²) in [6, 6.07) is 9.59. The Kier molecular flexibility index (Phi) is 4.20. The van der Waals surface area contributed by atoms with E-state index in [4.69, 9.17) is 4.52 Å². The van der Waals surface area contributed by atoms with Gasteiger partial charge in [0, 0.05) is 24.1 Å². The molecule has 1 unspecified atom stereocenters. The minimum absolute atomic E-state index is 0.225. The molecular formula is C15H24NO2P. The predicted octanol–water partition coefficient (Wildman–Crippen LogP) is 2.97. The summed E-state index contributed by atoms with van der Waals surface area (Å²) in [6.07, 6.45) is 2.75. The summed E-state index contributed by atoms with van der Waals surface area (Å²) in [7, 11) is 3.09. The van der Waals surface area contributed by atoms with Crippen LogP contribution in [0.25, 0.3) is 0 Å². The lowest BCUT2D eigenvalue weighted by Gasteiger charge is -2.27. The second-order valence-corrected chi connectivity index (χ2v) is 8.44. The van der Waals surface area contributed by atoms with Gasteiger partial charge >= 0.3 is 0 Å². The molecule has 3 atom stereocenters. The maximum atomic E-state index is 12.9. The lowest BCUT2D eigenvalue weighted by molar-refractivity contribution is 0.244. The van der Waals surface area contributed by atoms with E-state index in [1.54, 1.807) is 7.11 Å². The van der Waals surface area contributed by atoms with Crippen molar-refractivity contribution in [2.45, 2.75) is 25.3 Å². The van der Waals surface area contributed by atoms with Crippen LogP contribution in [0.5, 0.6) is 0 Å². The summed E-state index contributed by atoms with van der Waals surface area (Å²) in [5, 5.41) is 0.833. The zero-order chi connectivity index (χ0) is 14.1. The molecule has 2 rings (SSSR count). The van der Waals surface area contributed by atoms with Gasteiger partial charge in [0.25, 0.3) is 0 Å². The van der Waals surface area contributed by atoms with Crippen molar-refractivity contribution in [2.24, 2.45) is 5.92 Å². The number of hydrogen-bond acceptors (Lipinski definition) is 3.